The van der Waals surface area contributed by atoms with E-state index in [1.54, 1.807) is 0 Å². The van der Waals surface area contributed by atoms with Crippen LogP contribution in [-0.4, -0.2) is 9.78 Å². The fourth-order valence-electron chi connectivity index (χ4n) is 2.94. The minimum atomic E-state index is 0.0383. The van der Waals surface area contributed by atoms with E-state index in [0.717, 1.165) is 12.1 Å². The molecule has 106 valence electrons. The summed E-state index contributed by atoms with van der Waals surface area (Å²) in [4.78, 5) is 0. The van der Waals surface area contributed by atoms with Gasteiger partial charge in [0.15, 0.2) is 0 Å². The molecular weight excluding hydrogens is 246 g/mol. The van der Waals surface area contributed by atoms with E-state index in [1.807, 2.05) is 10.9 Å². The molecule has 1 atom stereocenters. The van der Waals surface area contributed by atoms with Crippen molar-refractivity contribution in [2.75, 3.05) is 0 Å². The largest absolute Gasteiger partial charge is 0.324 e. The van der Waals surface area contributed by atoms with Crippen LogP contribution in [0.2, 0.25) is 0 Å². The number of benzene rings is 1. The molecule has 2 aromatic rings. The van der Waals surface area contributed by atoms with Crippen molar-refractivity contribution in [3.63, 3.8) is 0 Å². The molecule has 1 aliphatic rings. The van der Waals surface area contributed by atoms with Crippen LogP contribution in [-0.2, 0) is 19.3 Å². The average Bonchev–Trinajstić information content (AvgIpc) is 3.05. The fraction of sp³-hybridized carbons (Fsp3) is 0.471. The van der Waals surface area contributed by atoms with Gasteiger partial charge in [-0.3, -0.25) is 4.68 Å². The van der Waals surface area contributed by atoms with Gasteiger partial charge in [0.25, 0.3) is 0 Å². The lowest BCUT2D eigenvalue weighted by molar-refractivity contribution is 0.522. The molecule has 0 bridgehead atoms. The molecule has 2 N–H and O–H groups in total. The first-order valence-electron chi connectivity index (χ1n) is 7.55. The van der Waals surface area contributed by atoms with Crippen LogP contribution in [0.4, 0.5) is 0 Å². The Morgan fingerprint density at radius 2 is 2.00 bits per heavy atom. The van der Waals surface area contributed by atoms with E-state index in [9.17, 15) is 0 Å². The molecule has 1 heterocycles. The third-order valence-electron chi connectivity index (χ3n) is 4.17. The maximum absolute atomic E-state index is 6.36. The molecule has 0 amide bonds. The summed E-state index contributed by atoms with van der Waals surface area (Å²) in [5.74, 6) is 0. The Kier molecular flexibility index (Phi) is 3.62. The Morgan fingerprint density at radius 3 is 2.75 bits per heavy atom. The normalized spacial score (nSPS) is 15.6. The lowest BCUT2D eigenvalue weighted by Crippen LogP contribution is -2.14. The van der Waals surface area contributed by atoms with Gasteiger partial charge in [-0.1, -0.05) is 18.2 Å². The van der Waals surface area contributed by atoms with Crippen LogP contribution in [0, 0.1) is 0 Å². The molecule has 1 aliphatic carbocycles. The second-order valence-corrected chi connectivity index (χ2v) is 6.07. The van der Waals surface area contributed by atoms with Crippen molar-refractivity contribution in [3.8, 4) is 0 Å². The van der Waals surface area contributed by atoms with E-state index in [0.29, 0.717) is 6.04 Å². The smallest absolute Gasteiger partial charge is 0.0643 e. The molecule has 0 spiro atoms. The molecule has 0 fully saturated rings. The Hall–Kier alpha value is -1.61. The summed E-state index contributed by atoms with van der Waals surface area (Å²) in [6.07, 6.45) is 6.56. The Labute approximate surface area is 120 Å². The van der Waals surface area contributed by atoms with Crippen molar-refractivity contribution in [3.05, 3.63) is 52.8 Å². The highest BCUT2D eigenvalue weighted by atomic mass is 15.3. The summed E-state index contributed by atoms with van der Waals surface area (Å²) in [6, 6.07) is 9.26. The molecule has 0 saturated carbocycles. The van der Waals surface area contributed by atoms with Crippen molar-refractivity contribution in [1.82, 2.24) is 9.78 Å². The molecule has 1 aromatic heterocycles. The topological polar surface area (TPSA) is 43.8 Å². The van der Waals surface area contributed by atoms with E-state index in [4.69, 9.17) is 5.73 Å². The van der Waals surface area contributed by atoms with Gasteiger partial charge in [0.2, 0.25) is 0 Å². The molecule has 1 aromatic carbocycles. The summed E-state index contributed by atoms with van der Waals surface area (Å²) >= 11 is 0. The van der Waals surface area contributed by atoms with Crippen molar-refractivity contribution in [2.45, 2.75) is 51.6 Å². The second-order valence-electron chi connectivity index (χ2n) is 6.07. The highest BCUT2D eigenvalue weighted by Crippen LogP contribution is 2.25. The average molecular weight is 269 g/mol. The van der Waals surface area contributed by atoms with Gasteiger partial charge in [-0.05, 0) is 55.9 Å². The number of nitrogens with two attached hydrogens (primary N) is 1. The van der Waals surface area contributed by atoms with Crippen LogP contribution in [0.15, 0.2) is 30.5 Å². The summed E-state index contributed by atoms with van der Waals surface area (Å²) in [5.41, 5.74) is 11.7. The lowest BCUT2D eigenvalue weighted by Gasteiger charge is -2.12. The van der Waals surface area contributed by atoms with Gasteiger partial charge in [0, 0.05) is 24.7 Å². The van der Waals surface area contributed by atoms with Gasteiger partial charge in [0.05, 0.1) is 5.69 Å². The van der Waals surface area contributed by atoms with Crippen LogP contribution in [0.1, 0.15) is 54.7 Å². The predicted molar refractivity (Wildman–Crippen MR) is 81.7 cm³/mol. The molecule has 3 rings (SSSR count). The first kappa shape index (κ1) is 13.4. The molecular formula is C17H23N3. The van der Waals surface area contributed by atoms with Gasteiger partial charge >= 0.3 is 0 Å². The number of aryl methyl sites for hydroxylation is 2. The van der Waals surface area contributed by atoms with E-state index < -0.39 is 0 Å². The van der Waals surface area contributed by atoms with Gasteiger partial charge < -0.3 is 5.73 Å². The summed E-state index contributed by atoms with van der Waals surface area (Å²) in [7, 11) is 0. The summed E-state index contributed by atoms with van der Waals surface area (Å²) < 4.78 is 1.99. The molecule has 3 nitrogen and oxygen atoms in total. The van der Waals surface area contributed by atoms with Gasteiger partial charge in [-0.25, -0.2) is 0 Å². The van der Waals surface area contributed by atoms with Crippen molar-refractivity contribution >= 4 is 0 Å². The SMILES string of the molecule is CC(C)n1ccc(CC(N)c2ccc3c(c2)CCC3)n1. The Bertz CT molecular complexity index is 598. The number of nitrogens with zero attached hydrogens (tertiary/aromatic N) is 2. The Morgan fingerprint density at radius 1 is 1.20 bits per heavy atom. The van der Waals surface area contributed by atoms with Crippen LogP contribution in [0.5, 0.6) is 0 Å². The zero-order valence-corrected chi connectivity index (χ0v) is 12.3. The molecule has 20 heavy (non-hydrogen) atoms. The predicted octanol–water partition coefficient (Wildman–Crippen LogP) is 3.20. The van der Waals surface area contributed by atoms with Crippen molar-refractivity contribution in [2.24, 2.45) is 5.73 Å². The summed E-state index contributed by atoms with van der Waals surface area (Å²) in [5, 5.41) is 4.58. The first-order valence-corrected chi connectivity index (χ1v) is 7.55. The number of hydrogen-bond acceptors (Lipinski definition) is 2. The number of fused-ring (bicyclic) bond motifs is 1. The molecule has 0 radical (unpaired) electrons. The van der Waals surface area contributed by atoms with Crippen LogP contribution < -0.4 is 5.73 Å². The zero-order valence-electron chi connectivity index (χ0n) is 12.3. The lowest BCUT2D eigenvalue weighted by atomic mass is 9.99. The summed E-state index contributed by atoms with van der Waals surface area (Å²) in [6.45, 7) is 4.27. The van der Waals surface area contributed by atoms with E-state index >= 15 is 0 Å². The van der Waals surface area contributed by atoms with E-state index in [1.165, 1.54) is 36.0 Å². The maximum atomic E-state index is 6.36. The second kappa shape index (κ2) is 5.41. The van der Waals surface area contributed by atoms with Gasteiger partial charge in [-0.2, -0.15) is 5.10 Å². The maximum Gasteiger partial charge on any atom is 0.0643 e. The third-order valence-corrected chi connectivity index (χ3v) is 4.17. The highest BCUT2D eigenvalue weighted by molar-refractivity contribution is 5.36. The fourth-order valence-corrected chi connectivity index (χ4v) is 2.94. The molecule has 0 aliphatic heterocycles. The number of aromatic nitrogens is 2. The standard InChI is InChI=1S/C17H23N3/c1-12(2)20-9-8-16(19-20)11-17(18)15-7-6-13-4-3-5-14(13)10-15/h6-10,12,17H,3-5,11,18H2,1-2H3. The molecule has 3 heteroatoms. The van der Waals surface area contributed by atoms with Crippen LogP contribution in [0.3, 0.4) is 0 Å². The number of hydrogen-bond donors (Lipinski definition) is 1. The van der Waals surface area contributed by atoms with Crippen molar-refractivity contribution in [1.29, 1.82) is 0 Å². The van der Waals surface area contributed by atoms with Gasteiger partial charge in [-0.15, -0.1) is 0 Å². The first-order chi connectivity index (χ1) is 9.63. The third kappa shape index (κ3) is 2.63. The molecule has 0 saturated heterocycles. The number of rotatable bonds is 4. The van der Waals surface area contributed by atoms with Gasteiger partial charge in [0.1, 0.15) is 0 Å². The quantitative estimate of drug-likeness (QED) is 0.926. The minimum Gasteiger partial charge on any atom is -0.324 e. The zero-order chi connectivity index (χ0) is 14.1. The van der Waals surface area contributed by atoms with E-state index in [2.05, 4.69) is 43.2 Å². The highest BCUT2D eigenvalue weighted by Gasteiger charge is 2.15. The Balaban J connectivity index is 1.73. The minimum absolute atomic E-state index is 0.0383. The monoisotopic (exact) mass is 269 g/mol. The molecule has 1 unspecified atom stereocenters. The van der Waals surface area contributed by atoms with Crippen LogP contribution in [0.25, 0.3) is 0 Å². The van der Waals surface area contributed by atoms with Crippen LogP contribution >= 0.6 is 0 Å². The van der Waals surface area contributed by atoms with Crippen molar-refractivity contribution < 1.29 is 0 Å². The van der Waals surface area contributed by atoms with E-state index in [-0.39, 0.29) is 6.04 Å².